The van der Waals surface area contributed by atoms with E-state index < -0.39 is 51.5 Å². The third kappa shape index (κ3) is 7.05. The van der Waals surface area contributed by atoms with E-state index in [0.29, 0.717) is 6.07 Å². The van der Waals surface area contributed by atoms with Gasteiger partial charge in [0.15, 0.2) is 5.60 Å². The van der Waals surface area contributed by atoms with Crippen LogP contribution in [0.25, 0.3) is 0 Å². The lowest BCUT2D eigenvalue weighted by Gasteiger charge is -2.23. The summed E-state index contributed by atoms with van der Waals surface area (Å²) >= 11 is 0. The third-order valence-electron chi connectivity index (χ3n) is 3.61. The van der Waals surface area contributed by atoms with Crippen molar-refractivity contribution >= 4 is 16.1 Å². The van der Waals surface area contributed by atoms with Gasteiger partial charge < -0.3 is 14.0 Å². The molecule has 0 unspecified atom stereocenters. The van der Waals surface area contributed by atoms with Crippen molar-refractivity contribution in [3.05, 3.63) is 29.3 Å². The number of ether oxygens (including phenoxy) is 2. The van der Waals surface area contributed by atoms with Gasteiger partial charge in [-0.15, -0.1) is 0 Å². The molecule has 1 fully saturated rings. The van der Waals surface area contributed by atoms with Gasteiger partial charge in [0.2, 0.25) is 0 Å². The highest BCUT2D eigenvalue weighted by atomic mass is 32.2. The summed E-state index contributed by atoms with van der Waals surface area (Å²) < 4.78 is 81.5. The molecule has 0 atom stereocenters. The van der Waals surface area contributed by atoms with Crippen LogP contribution in [0.5, 0.6) is 5.75 Å². The fourth-order valence-corrected chi connectivity index (χ4v) is 2.38. The molecule has 0 radical (unpaired) electrons. The molecule has 1 aliphatic rings. The topological polar surface area (TPSA) is 92.7 Å². The Hall–Kier alpha value is -2.25. The minimum absolute atomic E-state index is 0.226. The number of halogens is 3. The Kier molecular flexibility index (Phi) is 6.31. The van der Waals surface area contributed by atoms with Crippen molar-refractivity contribution in [1.82, 2.24) is 0 Å². The van der Waals surface area contributed by atoms with Crippen LogP contribution in [-0.2, 0) is 21.0 Å². The molecule has 0 heterocycles. The first kappa shape index (κ1) is 22.0. The maximum Gasteiger partial charge on any atom is 0.419 e. The summed E-state index contributed by atoms with van der Waals surface area (Å²) in [5.41, 5.74) is -2.60. The summed E-state index contributed by atoms with van der Waals surface area (Å²) in [7, 11) is -4.58. The van der Waals surface area contributed by atoms with E-state index in [1.165, 1.54) is 13.8 Å². The molecule has 10 heteroatoms. The maximum absolute atomic E-state index is 13.3. The van der Waals surface area contributed by atoms with E-state index >= 15 is 0 Å². The van der Waals surface area contributed by atoms with Crippen LogP contribution >= 0.6 is 0 Å². The zero-order valence-corrected chi connectivity index (χ0v) is 15.9. The van der Waals surface area contributed by atoms with Gasteiger partial charge in [-0.05, 0) is 44.9 Å². The summed E-state index contributed by atoms with van der Waals surface area (Å²) in [6.45, 7) is 2.31. The van der Waals surface area contributed by atoms with Crippen molar-refractivity contribution in [1.29, 1.82) is 0 Å². The van der Waals surface area contributed by atoms with E-state index in [1.807, 2.05) is 0 Å². The molecule has 1 aromatic carbocycles. The van der Waals surface area contributed by atoms with Crippen LogP contribution < -0.4 is 4.74 Å². The first-order valence-electron chi connectivity index (χ1n) is 8.30. The van der Waals surface area contributed by atoms with Crippen LogP contribution in [0, 0.1) is 17.8 Å². The predicted octanol–water partition coefficient (Wildman–Crippen LogP) is 2.98. The molecule has 2 rings (SSSR count). The van der Waals surface area contributed by atoms with E-state index in [1.54, 1.807) is 0 Å². The third-order valence-corrected chi connectivity index (χ3v) is 4.28. The molecular formula is C18H18F3O6S-. The molecule has 154 valence electrons. The molecule has 0 spiro atoms. The Morgan fingerprint density at radius 1 is 1.29 bits per heavy atom. The molecule has 1 aliphatic carbocycles. The lowest BCUT2D eigenvalue weighted by Crippen LogP contribution is -2.27. The second-order valence-corrected chi connectivity index (χ2v) is 8.29. The summed E-state index contributed by atoms with van der Waals surface area (Å²) in [4.78, 5) is 11.9. The second-order valence-electron chi connectivity index (χ2n) is 6.76. The lowest BCUT2D eigenvalue weighted by atomic mass is 10.1. The fourth-order valence-electron chi connectivity index (χ4n) is 2.09. The van der Waals surface area contributed by atoms with Crippen molar-refractivity contribution in [3.8, 4) is 17.6 Å². The smallest absolute Gasteiger partial charge is 0.419 e. The summed E-state index contributed by atoms with van der Waals surface area (Å²) in [6.07, 6.45) is -2.84. The molecule has 1 aromatic rings. The highest BCUT2D eigenvalue weighted by Gasteiger charge is 2.36. The van der Waals surface area contributed by atoms with E-state index in [2.05, 4.69) is 16.6 Å². The molecule has 1 saturated carbocycles. The average Bonchev–Trinajstić information content (AvgIpc) is 3.34. The lowest BCUT2D eigenvalue weighted by molar-refractivity contribution is -0.139. The normalized spacial score (nSPS) is 14.8. The molecule has 28 heavy (non-hydrogen) atoms. The molecule has 0 saturated heterocycles. The van der Waals surface area contributed by atoms with Gasteiger partial charge in [-0.2, -0.15) is 13.2 Å². The van der Waals surface area contributed by atoms with Crippen LogP contribution in [0.4, 0.5) is 13.2 Å². The number of rotatable bonds is 6. The monoisotopic (exact) mass is 419 g/mol. The van der Waals surface area contributed by atoms with Crippen LogP contribution in [0.2, 0.25) is 0 Å². The van der Waals surface area contributed by atoms with E-state index in [9.17, 15) is 30.9 Å². The maximum atomic E-state index is 13.3. The van der Waals surface area contributed by atoms with Crippen LogP contribution in [0.1, 0.15) is 42.6 Å². The van der Waals surface area contributed by atoms with Crippen molar-refractivity contribution in [2.45, 2.75) is 38.5 Å². The number of alkyl halides is 3. The molecule has 0 bridgehead atoms. The fraction of sp³-hybridized carbons (Fsp3) is 0.500. The van der Waals surface area contributed by atoms with Crippen LogP contribution in [0.15, 0.2) is 18.2 Å². The van der Waals surface area contributed by atoms with E-state index in [-0.39, 0.29) is 11.5 Å². The largest absolute Gasteiger partial charge is 0.748 e. The SMILES string of the molecule is CC(C)(C#CC1CC1)Oc1cc(C(=O)OCCS(=O)(=O)[O-])ccc1C(F)(F)F. The van der Waals surface area contributed by atoms with Crippen molar-refractivity contribution < 1.29 is 40.4 Å². The molecule has 6 nitrogen and oxygen atoms in total. The standard InChI is InChI=1S/C18H19F3O6S/c1-17(2,8-7-12-3-4-12)27-15-11-13(5-6-14(15)18(19,20)21)16(22)26-9-10-28(23,24)25/h5-6,11-12H,3-4,9-10H2,1-2H3,(H,23,24,25)/p-1. The van der Waals surface area contributed by atoms with Crippen LogP contribution in [-0.4, -0.2) is 36.9 Å². The first-order chi connectivity index (χ1) is 12.8. The van der Waals surface area contributed by atoms with Gasteiger partial charge in [0.25, 0.3) is 0 Å². The molecule has 0 aromatic heterocycles. The zero-order chi connectivity index (χ0) is 21.2. The van der Waals surface area contributed by atoms with Gasteiger partial charge in [0.1, 0.15) is 12.4 Å². The molecule has 0 amide bonds. The van der Waals surface area contributed by atoms with Crippen molar-refractivity contribution in [3.63, 3.8) is 0 Å². The molecule has 0 N–H and O–H groups in total. The minimum atomic E-state index is -4.73. The summed E-state index contributed by atoms with van der Waals surface area (Å²) in [5, 5.41) is 0. The minimum Gasteiger partial charge on any atom is -0.748 e. The van der Waals surface area contributed by atoms with Crippen molar-refractivity contribution in [2.24, 2.45) is 5.92 Å². The highest BCUT2D eigenvalue weighted by Crippen LogP contribution is 2.38. The van der Waals surface area contributed by atoms with Crippen LogP contribution in [0.3, 0.4) is 0 Å². The van der Waals surface area contributed by atoms with Gasteiger partial charge in [-0.3, -0.25) is 0 Å². The van der Waals surface area contributed by atoms with E-state index in [0.717, 1.165) is 25.0 Å². The average molecular weight is 419 g/mol. The second kappa shape index (κ2) is 8.01. The Bertz CT molecular complexity index is 905. The number of hydrogen-bond acceptors (Lipinski definition) is 6. The Labute approximate surface area is 160 Å². The Morgan fingerprint density at radius 2 is 1.93 bits per heavy atom. The zero-order valence-electron chi connectivity index (χ0n) is 15.1. The van der Waals surface area contributed by atoms with Gasteiger partial charge in [-0.1, -0.05) is 11.8 Å². The predicted molar refractivity (Wildman–Crippen MR) is 91.5 cm³/mol. The number of hydrogen-bond donors (Lipinski definition) is 0. The number of esters is 1. The molecule has 0 aliphatic heterocycles. The quantitative estimate of drug-likeness (QED) is 0.400. The Morgan fingerprint density at radius 3 is 2.46 bits per heavy atom. The number of benzene rings is 1. The molecular weight excluding hydrogens is 401 g/mol. The number of carbonyl (C=O) groups is 1. The summed E-state index contributed by atoms with van der Waals surface area (Å²) in [6, 6.07) is 2.41. The van der Waals surface area contributed by atoms with Gasteiger partial charge in [-0.25, -0.2) is 13.2 Å². The van der Waals surface area contributed by atoms with Gasteiger partial charge >= 0.3 is 12.1 Å². The van der Waals surface area contributed by atoms with Crippen molar-refractivity contribution in [2.75, 3.05) is 12.4 Å². The first-order valence-corrected chi connectivity index (χ1v) is 9.88. The summed E-state index contributed by atoms with van der Waals surface area (Å²) in [5.74, 6) is 3.32. The van der Waals surface area contributed by atoms with Gasteiger partial charge in [0.05, 0.1) is 27.0 Å². The van der Waals surface area contributed by atoms with E-state index in [4.69, 9.17) is 4.74 Å². The Balaban J connectivity index is 2.24. The van der Waals surface area contributed by atoms with Gasteiger partial charge in [0, 0.05) is 5.92 Å². The number of carbonyl (C=O) groups excluding carboxylic acids is 1. The highest BCUT2D eigenvalue weighted by molar-refractivity contribution is 7.85.